The summed E-state index contributed by atoms with van der Waals surface area (Å²) in [6, 6.07) is 22.5. The van der Waals surface area contributed by atoms with Gasteiger partial charge in [-0.2, -0.15) is 5.10 Å². The van der Waals surface area contributed by atoms with E-state index in [-0.39, 0.29) is 12.1 Å². The van der Waals surface area contributed by atoms with Gasteiger partial charge in [0.1, 0.15) is 5.84 Å². The molecule has 2 heterocycles. The van der Waals surface area contributed by atoms with E-state index in [1.54, 1.807) is 6.21 Å². The van der Waals surface area contributed by atoms with Gasteiger partial charge in [0.25, 0.3) is 0 Å². The van der Waals surface area contributed by atoms with E-state index in [1.807, 2.05) is 79.9 Å². The van der Waals surface area contributed by atoms with Crippen LogP contribution in [0.5, 0.6) is 0 Å². The Bertz CT molecular complexity index is 1120. The number of anilines is 1. The summed E-state index contributed by atoms with van der Waals surface area (Å²) in [5.41, 5.74) is 6.72. The lowest BCUT2D eigenvalue weighted by Gasteiger charge is -2.22. The molecular formula is C25H22N6. The van der Waals surface area contributed by atoms with Crippen molar-refractivity contribution in [1.82, 2.24) is 14.9 Å². The minimum atomic E-state index is 0.138. The molecule has 0 saturated carbocycles. The van der Waals surface area contributed by atoms with Crippen LogP contribution in [0.3, 0.4) is 0 Å². The number of nitrogens with zero attached hydrogens (tertiary/aromatic N) is 5. The Hall–Kier alpha value is -4.06. The van der Waals surface area contributed by atoms with Crippen molar-refractivity contribution in [3.63, 3.8) is 0 Å². The fourth-order valence-electron chi connectivity index (χ4n) is 3.74. The van der Waals surface area contributed by atoms with Crippen molar-refractivity contribution in [2.45, 2.75) is 12.1 Å². The fraction of sp³-hybridized carbons (Fsp3) is 0.120. The van der Waals surface area contributed by atoms with Crippen LogP contribution in [0.15, 0.2) is 101 Å². The van der Waals surface area contributed by atoms with Gasteiger partial charge in [-0.3, -0.25) is 4.99 Å². The van der Waals surface area contributed by atoms with E-state index in [9.17, 15) is 0 Å². The minimum Gasteiger partial charge on any atom is -0.350 e. The highest BCUT2D eigenvalue weighted by molar-refractivity contribution is 6.30. The van der Waals surface area contributed by atoms with Gasteiger partial charge >= 0.3 is 0 Å². The molecule has 0 saturated heterocycles. The third-order valence-electron chi connectivity index (χ3n) is 5.38. The van der Waals surface area contributed by atoms with Crippen LogP contribution in [-0.2, 0) is 0 Å². The number of fused-ring (bicyclic) bond motifs is 1. The van der Waals surface area contributed by atoms with Crippen molar-refractivity contribution in [2.24, 2.45) is 10.1 Å². The SMILES string of the molecule is CN1C(/C=N/Nc2nc(-c3ccccc3)cc(-c3ccccc3)n2)=N[C@H]2C=CC=C[C@@H]21. The van der Waals surface area contributed by atoms with Crippen LogP contribution >= 0.6 is 0 Å². The highest BCUT2D eigenvalue weighted by Crippen LogP contribution is 2.25. The zero-order valence-electron chi connectivity index (χ0n) is 17.1. The second-order valence-electron chi connectivity index (χ2n) is 7.41. The summed E-state index contributed by atoms with van der Waals surface area (Å²) < 4.78 is 0. The number of hydrazone groups is 1. The molecule has 3 aromatic rings. The molecule has 1 aliphatic heterocycles. The van der Waals surface area contributed by atoms with Crippen LogP contribution in [-0.4, -0.2) is 46.0 Å². The van der Waals surface area contributed by atoms with Crippen molar-refractivity contribution in [3.05, 3.63) is 91.0 Å². The summed E-state index contributed by atoms with van der Waals surface area (Å²) in [6.45, 7) is 0. The van der Waals surface area contributed by atoms with E-state index in [2.05, 4.69) is 43.6 Å². The van der Waals surface area contributed by atoms with Gasteiger partial charge < -0.3 is 4.90 Å². The van der Waals surface area contributed by atoms with E-state index in [4.69, 9.17) is 4.99 Å². The first kappa shape index (κ1) is 18.9. The second-order valence-corrected chi connectivity index (χ2v) is 7.41. The third-order valence-corrected chi connectivity index (χ3v) is 5.38. The maximum absolute atomic E-state index is 4.73. The summed E-state index contributed by atoms with van der Waals surface area (Å²) in [5.74, 6) is 1.26. The molecule has 0 fully saturated rings. The van der Waals surface area contributed by atoms with E-state index in [0.29, 0.717) is 5.95 Å². The maximum Gasteiger partial charge on any atom is 0.244 e. The fourth-order valence-corrected chi connectivity index (χ4v) is 3.74. The molecule has 31 heavy (non-hydrogen) atoms. The number of likely N-dealkylation sites (N-methyl/N-ethyl adjacent to an activating group) is 1. The van der Waals surface area contributed by atoms with E-state index < -0.39 is 0 Å². The largest absolute Gasteiger partial charge is 0.350 e. The molecule has 0 unspecified atom stereocenters. The molecule has 1 aliphatic carbocycles. The zero-order chi connectivity index (χ0) is 21.0. The first-order valence-corrected chi connectivity index (χ1v) is 10.2. The van der Waals surface area contributed by atoms with Gasteiger partial charge in [0, 0.05) is 18.2 Å². The van der Waals surface area contributed by atoms with E-state index in [0.717, 1.165) is 28.4 Å². The van der Waals surface area contributed by atoms with Crippen LogP contribution < -0.4 is 5.43 Å². The van der Waals surface area contributed by atoms with Gasteiger partial charge in [0.05, 0.1) is 29.7 Å². The van der Waals surface area contributed by atoms with Crippen LogP contribution in [0.1, 0.15) is 0 Å². The van der Waals surface area contributed by atoms with Gasteiger partial charge in [-0.05, 0) is 6.07 Å². The predicted octanol–water partition coefficient (Wildman–Crippen LogP) is 4.42. The highest BCUT2D eigenvalue weighted by atomic mass is 15.4. The monoisotopic (exact) mass is 406 g/mol. The Kier molecular flexibility index (Phi) is 5.10. The van der Waals surface area contributed by atoms with Crippen molar-refractivity contribution >= 4 is 18.0 Å². The number of hydrogen-bond donors (Lipinski definition) is 1. The molecule has 2 atom stereocenters. The van der Waals surface area contributed by atoms with Crippen molar-refractivity contribution < 1.29 is 0 Å². The number of nitrogens with one attached hydrogen (secondary N) is 1. The molecule has 2 aromatic carbocycles. The number of rotatable bonds is 5. The van der Waals surface area contributed by atoms with Crippen LogP contribution in [0.25, 0.3) is 22.5 Å². The topological polar surface area (TPSA) is 65.8 Å². The predicted molar refractivity (Wildman–Crippen MR) is 126 cm³/mol. The molecule has 0 spiro atoms. The summed E-state index contributed by atoms with van der Waals surface area (Å²) in [5, 5.41) is 4.38. The summed E-state index contributed by atoms with van der Waals surface area (Å²) >= 11 is 0. The van der Waals surface area contributed by atoms with Crippen LogP contribution in [0.4, 0.5) is 5.95 Å². The second kappa shape index (κ2) is 8.36. The van der Waals surface area contributed by atoms with Gasteiger partial charge in [-0.1, -0.05) is 85.0 Å². The molecule has 2 aliphatic rings. The Morgan fingerprint density at radius 1 is 0.871 bits per heavy atom. The standard InChI is InChI=1S/C25H22N6/c1-31-23-15-9-8-14-20(23)27-24(31)17-26-30-25-28-21(18-10-4-2-5-11-18)16-22(29-25)19-12-6-3-7-13-19/h2-17,20,23H,1H3,(H,28,29,30)/b26-17+/t20-,23-/m0/s1. The molecule has 6 nitrogen and oxygen atoms in total. The summed E-state index contributed by atoms with van der Waals surface area (Å²) in [7, 11) is 2.03. The first-order valence-electron chi connectivity index (χ1n) is 10.2. The zero-order valence-corrected chi connectivity index (χ0v) is 17.1. The molecule has 0 radical (unpaired) electrons. The van der Waals surface area contributed by atoms with Crippen LogP contribution in [0, 0.1) is 0 Å². The number of allylic oxidation sites excluding steroid dienone is 2. The number of aromatic nitrogens is 2. The molecular weight excluding hydrogens is 384 g/mol. The maximum atomic E-state index is 4.73. The van der Waals surface area contributed by atoms with Gasteiger partial charge in [-0.25, -0.2) is 15.4 Å². The third kappa shape index (κ3) is 4.00. The first-order chi connectivity index (χ1) is 15.3. The average molecular weight is 406 g/mol. The lowest BCUT2D eigenvalue weighted by atomic mass is 10.0. The number of hydrogen-bond acceptors (Lipinski definition) is 6. The van der Waals surface area contributed by atoms with E-state index >= 15 is 0 Å². The smallest absolute Gasteiger partial charge is 0.244 e. The summed E-state index contributed by atoms with van der Waals surface area (Å²) in [6.07, 6.45) is 10.1. The van der Waals surface area contributed by atoms with Crippen LogP contribution in [0.2, 0.25) is 0 Å². The number of benzene rings is 2. The van der Waals surface area contributed by atoms with Gasteiger partial charge in [-0.15, -0.1) is 0 Å². The van der Waals surface area contributed by atoms with Gasteiger partial charge in [0.15, 0.2) is 0 Å². The number of aliphatic imine (C=N–C) groups is 1. The Balaban J connectivity index is 1.43. The Morgan fingerprint density at radius 2 is 1.48 bits per heavy atom. The summed E-state index contributed by atoms with van der Waals surface area (Å²) in [4.78, 5) is 16.2. The lowest BCUT2D eigenvalue weighted by molar-refractivity contribution is 0.440. The molecule has 6 heteroatoms. The highest BCUT2D eigenvalue weighted by Gasteiger charge is 2.30. The molecule has 1 aromatic heterocycles. The molecule has 152 valence electrons. The van der Waals surface area contributed by atoms with E-state index in [1.165, 1.54) is 0 Å². The average Bonchev–Trinajstić information content (AvgIpc) is 3.15. The molecule has 1 N–H and O–H groups in total. The molecule has 0 amide bonds. The normalized spacial score (nSPS) is 19.5. The minimum absolute atomic E-state index is 0.138. The lowest BCUT2D eigenvalue weighted by Crippen LogP contribution is -2.35. The quantitative estimate of drug-likeness (QED) is 0.503. The molecule has 0 bridgehead atoms. The van der Waals surface area contributed by atoms with Crippen molar-refractivity contribution in [1.29, 1.82) is 0 Å². The molecule has 5 rings (SSSR count). The van der Waals surface area contributed by atoms with Gasteiger partial charge in [0.2, 0.25) is 5.95 Å². The Labute approximate surface area is 181 Å². The Morgan fingerprint density at radius 3 is 2.10 bits per heavy atom. The van der Waals surface area contributed by atoms with Crippen molar-refractivity contribution in [2.75, 3.05) is 12.5 Å². The van der Waals surface area contributed by atoms with Crippen molar-refractivity contribution in [3.8, 4) is 22.5 Å². The number of amidine groups is 1.